The molecule has 1 aromatic carbocycles. The van der Waals surface area contributed by atoms with Crippen molar-refractivity contribution in [2.75, 3.05) is 0 Å². The predicted molar refractivity (Wildman–Crippen MR) is 38.9 cm³/mol. The van der Waals surface area contributed by atoms with Crippen LogP contribution in [0.15, 0.2) is 30.3 Å². The second kappa shape index (κ2) is 1.66. The Morgan fingerprint density at radius 3 is 2.56 bits per heavy atom. The van der Waals surface area contributed by atoms with Crippen molar-refractivity contribution in [3.63, 3.8) is 0 Å². The van der Waals surface area contributed by atoms with Crippen LogP contribution >= 0.6 is 0 Å². The van der Waals surface area contributed by atoms with Gasteiger partial charge in [0.05, 0.1) is 0 Å². The Balaban J connectivity index is 2.67. The molecule has 0 heterocycles. The van der Waals surface area contributed by atoms with Crippen molar-refractivity contribution < 1.29 is 0 Å². The first kappa shape index (κ1) is 4.68. The Morgan fingerprint density at radius 1 is 1.00 bits per heavy atom. The Kier molecular flexibility index (Phi) is 0.863. The molecule has 1 aromatic rings. The fourth-order valence-electron chi connectivity index (χ4n) is 0.989. The summed E-state index contributed by atoms with van der Waals surface area (Å²) in [4.78, 5) is 0. The zero-order valence-corrected chi connectivity index (χ0v) is 5.04. The molecule has 44 valence electrons. The zero-order chi connectivity index (χ0) is 6.10. The minimum Gasteiger partial charge on any atom is -0.148 e. The van der Waals surface area contributed by atoms with E-state index in [-0.39, 0.29) is 0 Å². The molecular formula is C9H7-. The molecule has 0 aromatic heterocycles. The molecule has 0 spiro atoms. The maximum atomic E-state index is 2.12. The highest BCUT2D eigenvalue weighted by atomic mass is 14.0. The Bertz CT molecular complexity index is 229. The first-order valence-corrected chi connectivity index (χ1v) is 3.07. The van der Waals surface area contributed by atoms with Crippen LogP contribution in [0.4, 0.5) is 0 Å². The number of fused-ring (bicyclic) bond motifs is 3. The summed E-state index contributed by atoms with van der Waals surface area (Å²) < 4.78 is 0. The smallest absolute Gasteiger partial charge is 0.0850 e. The minimum atomic E-state index is 1.28. The van der Waals surface area contributed by atoms with E-state index in [0.29, 0.717) is 0 Å². The van der Waals surface area contributed by atoms with E-state index in [1.54, 1.807) is 0 Å². The van der Waals surface area contributed by atoms with Gasteiger partial charge in [0.15, 0.2) is 0 Å². The number of benzene rings is 1. The van der Waals surface area contributed by atoms with E-state index in [9.17, 15) is 0 Å². The van der Waals surface area contributed by atoms with E-state index in [1.807, 2.05) is 0 Å². The van der Waals surface area contributed by atoms with Crippen LogP contribution in [0.25, 0.3) is 6.08 Å². The standard InChI is InChI=1S/C9H7/c1-2-8-4-6-9(3-1)7-5-8/h1-7H/q-1. The molecule has 9 heavy (non-hydrogen) atoms. The van der Waals surface area contributed by atoms with Gasteiger partial charge >= 0.3 is 0 Å². The van der Waals surface area contributed by atoms with Gasteiger partial charge in [-0.2, -0.15) is 0 Å². The summed E-state index contributed by atoms with van der Waals surface area (Å²) in [5.41, 5.74) is 2.57. The van der Waals surface area contributed by atoms with Gasteiger partial charge < -0.3 is 0 Å². The zero-order valence-electron chi connectivity index (χ0n) is 5.04. The van der Waals surface area contributed by atoms with Crippen LogP contribution in [0.2, 0.25) is 0 Å². The van der Waals surface area contributed by atoms with Crippen LogP contribution in [-0.2, 0) is 0 Å². The second-order valence-corrected chi connectivity index (χ2v) is 2.19. The quantitative estimate of drug-likeness (QED) is 0.455. The number of allylic oxidation sites excluding steroid dienone is 1. The van der Waals surface area contributed by atoms with Gasteiger partial charge in [-0.05, 0) is 0 Å². The summed E-state index contributed by atoms with van der Waals surface area (Å²) in [7, 11) is 0. The topological polar surface area (TPSA) is 0 Å². The molecule has 0 nitrogen and oxygen atoms in total. The molecule has 0 radical (unpaired) electrons. The number of hydrogen-bond acceptors (Lipinski definition) is 0. The molecule has 0 fully saturated rings. The van der Waals surface area contributed by atoms with Crippen molar-refractivity contribution >= 4 is 6.08 Å². The van der Waals surface area contributed by atoms with Gasteiger partial charge in [-0.1, -0.05) is 5.56 Å². The fraction of sp³-hybridized carbons (Fsp3) is 0. The van der Waals surface area contributed by atoms with E-state index in [2.05, 4.69) is 42.8 Å². The molecule has 0 unspecified atom stereocenters. The van der Waals surface area contributed by atoms with Crippen molar-refractivity contribution in [2.24, 2.45) is 0 Å². The average Bonchev–Trinajstić information content (AvgIpc) is 2.21. The maximum absolute atomic E-state index is 2.12. The van der Waals surface area contributed by atoms with Gasteiger partial charge in [0.25, 0.3) is 0 Å². The second-order valence-electron chi connectivity index (χ2n) is 2.19. The van der Waals surface area contributed by atoms with E-state index in [4.69, 9.17) is 0 Å². The van der Waals surface area contributed by atoms with Gasteiger partial charge in [-0.15, -0.1) is 48.4 Å². The highest BCUT2D eigenvalue weighted by Gasteiger charge is 1.85. The molecule has 0 aliphatic heterocycles. The molecule has 2 aliphatic carbocycles. The molecule has 3 rings (SSSR count). The maximum Gasteiger partial charge on any atom is -0.0850 e. The summed E-state index contributed by atoms with van der Waals surface area (Å²) in [5.74, 6) is 0. The molecule has 0 saturated carbocycles. The van der Waals surface area contributed by atoms with Gasteiger partial charge in [-0.25, -0.2) is 0 Å². The minimum absolute atomic E-state index is 1.28. The van der Waals surface area contributed by atoms with Crippen molar-refractivity contribution in [1.29, 1.82) is 0 Å². The summed E-state index contributed by atoms with van der Waals surface area (Å²) in [6.07, 6.45) is 6.28. The molecule has 0 saturated heterocycles. The van der Waals surface area contributed by atoms with Crippen LogP contribution in [-0.4, -0.2) is 0 Å². The Labute approximate surface area is 54.8 Å². The van der Waals surface area contributed by atoms with Gasteiger partial charge in [0.2, 0.25) is 0 Å². The van der Waals surface area contributed by atoms with Gasteiger partial charge in [0, 0.05) is 0 Å². The third-order valence-electron chi connectivity index (χ3n) is 1.51. The summed E-state index contributed by atoms with van der Waals surface area (Å²) in [6.45, 7) is 0. The number of rotatable bonds is 0. The fourth-order valence-corrected chi connectivity index (χ4v) is 0.989. The molecule has 0 amide bonds. The van der Waals surface area contributed by atoms with Gasteiger partial charge in [-0.3, -0.25) is 0 Å². The molecule has 0 N–H and O–H groups in total. The van der Waals surface area contributed by atoms with Crippen molar-refractivity contribution in [3.05, 3.63) is 47.9 Å². The summed E-state index contributed by atoms with van der Waals surface area (Å²) in [6, 6.07) is 8.48. The van der Waals surface area contributed by atoms with E-state index < -0.39 is 0 Å². The normalized spacial score (nSPS) is 12.9. The molecule has 2 aliphatic rings. The largest absolute Gasteiger partial charge is 0.148 e. The van der Waals surface area contributed by atoms with Crippen molar-refractivity contribution in [1.82, 2.24) is 0 Å². The van der Waals surface area contributed by atoms with Crippen LogP contribution in [0.3, 0.4) is 0 Å². The third-order valence-corrected chi connectivity index (χ3v) is 1.51. The van der Waals surface area contributed by atoms with Crippen LogP contribution < -0.4 is 0 Å². The Hall–Kier alpha value is -1.17. The van der Waals surface area contributed by atoms with Crippen LogP contribution in [0.5, 0.6) is 0 Å². The van der Waals surface area contributed by atoms with Gasteiger partial charge in [0.1, 0.15) is 0 Å². The predicted octanol–water partition coefficient (Wildman–Crippen LogP) is 2.27. The molecule has 2 bridgehead atoms. The van der Waals surface area contributed by atoms with Crippen LogP contribution in [0.1, 0.15) is 11.1 Å². The van der Waals surface area contributed by atoms with Crippen LogP contribution in [0, 0.1) is 6.42 Å². The summed E-state index contributed by atoms with van der Waals surface area (Å²) in [5, 5.41) is 0. The molecule has 0 atom stereocenters. The van der Waals surface area contributed by atoms with E-state index >= 15 is 0 Å². The first-order valence-electron chi connectivity index (χ1n) is 3.07. The highest BCUT2D eigenvalue weighted by Crippen LogP contribution is 2.13. The lowest BCUT2D eigenvalue weighted by Gasteiger charge is -1.98. The van der Waals surface area contributed by atoms with E-state index in [0.717, 1.165) is 0 Å². The average molecular weight is 115 g/mol. The Morgan fingerprint density at radius 2 is 1.78 bits per heavy atom. The molecular weight excluding hydrogens is 108 g/mol. The third kappa shape index (κ3) is 0.724. The first-order chi connectivity index (χ1) is 4.45. The SMILES string of the molecule is C1=Cc2ccc(cc2)[CH-]1. The lowest BCUT2D eigenvalue weighted by atomic mass is 10.2. The lowest BCUT2D eigenvalue weighted by molar-refractivity contribution is 1.55. The van der Waals surface area contributed by atoms with Crippen molar-refractivity contribution in [2.45, 2.75) is 0 Å². The van der Waals surface area contributed by atoms with Crippen molar-refractivity contribution in [3.8, 4) is 0 Å². The summed E-state index contributed by atoms with van der Waals surface area (Å²) >= 11 is 0. The number of hydrogen-bond donors (Lipinski definition) is 0. The monoisotopic (exact) mass is 115 g/mol. The highest BCUT2D eigenvalue weighted by molar-refractivity contribution is 5.56. The van der Waals surface area contributed by atoms with E-state index in [1.165, 1.54) is 11.1 Å². The lowest BCUT2D eigenvalue weighted by Crippen LogP contribution is -1.71. The molecule has 0 heteroatoms.